The Kier molecular flexibility index (Phi) is 7.38. The summed E-state index contributed by atoms with van der Waals surface area (Å²) in [4.78, 5) is 27.9. The number of amides is 2. The molecule has 1 aliphatic carbocycles. The number of carbonyl (C=O) groups is 2. The summed E-state index contributed by atoms with van der Waals surface area (Å²) in [6.07, 6.45) is -2.29. The number of alkyl halides is 3. The molecule has 1 aliphatic heterocycles. The number of hydrogen-bond donors (Lipinski definition) is 1. The van der Waals surface area contributed by atoms with Gasteiger partial charge in [0.2, 0.25) is 5.91 Å². The van der Waals surface area contributed by atoms with E-state index in [0.29, 0.717) is 24.7 Å². The number of nitrogens with one attached hydrogen (secondary N) is 1. The molecule has 0 unspecified atom stereocenters. The number of rotatable bonds is 6. The quantitative estimate of drug-likeness (QED) is 0.555. The largest absolute Gasteiger partial charge is 0.416 e. The van der Waals surface area contributed by atoms with Crippen LogP contribution in [0.3, 0.4) is 0 Å². The van der Waals surface area contributed by atoms with E-state index in [0.717, 1.165) is 18.4 Å². The molecule has 2 aliphatic rings. The van der Waals surface area contributed by atoms with E-state index < -0.39 is 51.3 Å². The van der Waals surface area contributed by atoms with E-state index in [-0.39, 0.29) is 34.2 Å². The number of hydrogen-bond acceptors (Lipinski definition) is 5. The molecule has 4 rings (SSSR count). The number of halogens is 4. The van der Waals surface area contributed by atoms with E-state index >= 15 is 0 Å². The number of carbonyl (C=O) groups excluding carboxylic acids is 2. The fraction of sp³-hybridized carbons (Fsp3) is 0.417. The van der Waals surface area contributed by atoms with Gasteiger partial charge < -0.3 is 10.2 Å². The Morgan fingerprint density at radius 2 is 1.86 bits per heavy atom. The van der Waals surface area contributed by atoms with Crippen LogP contribution in [-0.2, 0) is 20.8 Å². The highest BCUT2D eigenvalue weighted by molar-refractivity contribution is 7.99. The van der Waals surface area contributed by atoms with Crippen molar-refractivity contribution in [1.29, 1.82) is 0 Å². The lowest BCUT2D eigenvalue weighted by Gasteiger charge is -2.35. The number of sulfone groups is 1. The van der Waals surface area contributed by atoms with Gasteiger partial charge in [0.25, 0.3) is 5.91 Å². The Labute approximate surface area is 210 Å². The van der Waals surface area contributed by atoms with Crippen molar-refractivity contribution in [2.75, 3.05) is 24.3 Å². The van der Waals surface area contributed by atoms with Crippen LogP contribution in [0.15, 0.2) is 47.4 Å². The van der Waals surface area contributed by atoms with Crippen LogP contribution in [0.2, 0.25) is 0 Å². The SMILES string of the molecule is CS(=O)(=O)c1cccc(C(=O)N2CCSC[C@H]2C(=O)N[C@@H](c2ccc(C(F)(F)F)cc2F)C2CC2)c1. The van der Waals surface area contributed by atoms with Gasteiger partial charge in [0.15, 0.2) is 9.84 Å². The van der Waals surface area contributed by atoms with Gasteiger partial charge in [-0.25, -0.2) is 12.8 Å². The van der Waals surface area contributed by atoms with Gasteiger partial charge in [0.1, 0.15) is 11.9 Å². The summed E-state index contributed by atoms with van der Waals surface area (Å²) in [5.41, 5.74) is -1.02. The molecule has 2 fully saturated rings. The maximum Gasteiger partial charge on any atom is 0.416 e. The lowest BCUT2D eigenvalue weighted by molar-refractivity contribution is -0.137. The van der Waals surface area contributed by atoms with Crippen molar-refractivity contribution >= 4 is 33.4 Å². The van der Waals surface area contributed by atoms with Gasteiger partial charge in [-0.05, 0) is 49.1 Å². The van der Waals surface area contributed by atoms with Crippen LogP contribution in [0, 0.1) is 11.7 Å². The molecule has 12 heteroatoms. The molecule has 2 amide bonds. The van der Waals surface area contributed by atoms with Crippen molar-refractivity contribution in [2.45, 2.75) is 36.0 Å². The highest BCUT2D eigenvalue weighted by Crippen LogP contribution is 2.43. The van der Waals surface area contributed by atoms with Crippen molar-refractivity contribution in [1.82, 2.24) is 10.2 Å². The Balaban J connectivity index is 1.56. The molecule has 2 aromatic carbocycles. The van der Waals surface area contributed by atoms with Gasteiger partial charge in [-0.3, -0.25) is 9.59 Å². The normalized spacial score (nSPS) is 19.6. The van der Waals surface area contributed by atoms with Crippen molar-refractivity contribution in [3.8, 4) is 0 Å². The summed E-state index contributed by atoms with van der Waals surface area (Å²) in [5, 5.41) is 2.77. The first kappa shape index (κ1) is 26.5. The molecular weight excluding hydrogens is 520 g/mol. The standard InChI is InChI=1S/C24H24F4N2O4S2/c1-36(33,34)17-4-2-3-15(11-17)23(32)30-9-10-35-13-20(30)22(31)29-21(14-5-6-14)18-8-7-16(12-19(18)25)24(26,27)28/h2-4,7-8,11-12,14,20-21H,5-6,9-10,13H2,1H3,(H,29,31)/t20-,21+/m0/s1. The summed E-state index contributed by atoms with van der Waals surface area (Å²) < 4.78 is 77.4. The molecule has 1 saturated heterocycles. The van der Waals surface area contributed by atoms with Crippen LogP contribution in [-0.4, -0.2) is 55.5 Å². The lowest BCUT2D eigenvalue weighted by Crippen LogP contribution is -2.54. The van der Waals surface area contributed by atoms with Crippen molar-refractivity contribution in [3.05, 3.63) is 65.0 Å². The predicted molar refractivity (Wildman–Crippen MR) is 127 cm³/mol. The van der Waals surface area contributed by atoms with Crippen LogP contribution < -0.4 is 5.32 Å². The van der Waals surface area contributed by atoms with E-state index in [1.54, 1.807) is 0 Å². The molecule has 6 nitrogen and oxygen atoms in total. The van der Waals surface area contributed by atoms with Gasteiger partial charge in [0, 0.05) is 35.4 Å². The zero-order valence-electron chi connectivity index (χ0n) is 19.2. The number of benzene rings is 2. The summed E-state index contributed by atoms with van der Waals surface area (Å²) in [5.74, 6) is -1.37. The molecule has 0 bridgehead atoms. The molecule has 0 aromatic heterocycles. The smallest absolute Gasteiger partial charge is 0.347 e. The number of nitrogens with zero attached hydrogens (tertiary/aromatic N) is 1. The first-order chi connectivity index (χ1) is 16.9. The average molecular weight is 545 g/mol. The van der Waals surface area contributed by atoms with E-state index in [4.69, 9.17) is 0 Å². The van der Waals surface area contributed by atoms with Gasteiger partial charge in [-0.1, -0.05) is 12.1 Å². The minimum absolute atomic E-state index is 0.0210. The maximum atomic E-state index is 14.7. The first-order valence-electron chi connectivity index (χ1n) is 11.2. The van der Waals surface area contributed by atoms with Gasteiger partial charge in [0.05, 0.1) is 16.5 Å². The van der Waals surface area contributed by atoms with Gasteiger partial charge in [-0.15, -0.1) is 0 Å². The summed E-state index contributed by atoms with van der Waals surface area (Å²) in [6, 6.07) is 6.11. The summed E-state index contributed by atoms with van der Waals surface area (Å²) >= 11 is 1.46. The zero-order valence-corrected chi connectivity index (χ0v) is 20.9. The van der Waals surface area contributed by atoms with Crippen molar-refractivity contribution < 1.29 is 35.6 Å². The van der Waals surface area contributed by atoms with Crippen LogP contribution in [0.1, 0.15) is 40.4 Å². The monoisotopic (exact) mass is 544 g/mol. The topological polar surface area (TPSA) is 83.6 Å². The maximum absolute atomic E-state index is 14.7. The highest BCUT2D eigenvalue weighted by atomic mass is 32.2. The Hall–Kier alpha value is -2.60. The minimum atomic E-state index is -4.69. The lowest BCUT2D eigenvalue weighted by atomic mass is 9.99. The molecule has 2 aromatic rings. The third-order valence-electron chi connectivity index (χ3n) is 6.26. The molecule has 1 N–H and O–H groups in total. The van der Waals surface area contributed by atoms with Crippen LogP contribution in [0.5, 0.6) is 0 Å². The molecule has 194 valence electrons. The minimum Gasteiger partial charge on any atom is -0.347 e. The molecule has 36 heavy (non-hydrogen) atoms. The molecule has 1 heterocycles. The van der Waals surface area contributed by atoms with Crippen LogP contribution >= 0.6 is 11.8 Å². The zero-order chi connectivity index (χ0) is 26.3. The van der Waals surface area contributed by atoms with E-state index in [2.05, 4.69) is 5.32 Å². The highest BCUT2D eigenvalue weighted by Gasteiger charge is 2.40. The van der Waals surface area contributed by atoms with E-state index in [1.165, 1.54) is 40.9 Å². The fourth-order valence-corrected chi connectivity index (χ4v) is 5.89. The first-order valence-corrected chi connectivity index (χ1v) is 14.3. The van der Waals surface area contributed by atoms with Crippen molar-refractivity contribution in [2.24, 2.45) is 5.92 Å². The van der Waals surface area contributed by atoms with Gasteiger partial charge >= 0.3 is 6.18 Å². The summed E-state index contributed by atoms with van der Waals surface area (Å²) in [7, 11) is -3.55. The third kappa shape index (κ3) is 5.86. The molecule has 0 radical (unpaired) electrons. The van der Waals surface area contributed by atoms with E-state index in [9.17, 15) is 35.6 Å². The molecule has 0 spiro atoms. The van der Waals surface area contributed by atoms with Gasteiger partial charge in [-0.2, -0.15) is 24.9 Å². The Morgan fingerprint density at radius 1 is 1.14 bits per heavy atom. The Morgan fingerprint density at radius 3 is 2.47 bits per heavy atom. The molecule has 1 saturated carbocycles. The second-order valence-corrected chi connectivity index (χ2v) is 12.1. The summed E-state index contributed by atoms with van der Waals surface area (Å²) in [6.45, 7) is 0.243. The predicted octanol–water partition coefficient (Wildman–Crippen LogP) is 4.07. The number of thioether (sulfide) groups is 1. The van der Waals surface area contributed by atoms with Crippen LogP contribution in [0.25, 0.3) is 0 Å². The average Bonchev–Trinajstić information content (AvgIpc) is 3.66. The third-order valence-corrected chi connectivity index (χ3v) is 8.39. The van der Waals surface area contributed by atoms with Crippen molar-refractivity contribution in [3.63, 3.8) is 0 Å². The fourth-order valence-electron chi connectivity index (χ4n) is 4.17. The second kappa shape index (κ2) is 10.0. The second-order valence-electron chi connectivity index (χ2n) is 8.95. The molecule has 2 atom stereocenters. The molecular formula is C24H24F4N2O4S2. The Bertz CT molecular complexity index is 1280. The van der Waals surface area contributed by atoms with Crippen LogP contribution in [0.4, 0.5) is 17.6 Å². The van der Waals surface area contributed by atoms with E-state index in [1.807, 2.05) is 0 Å².